The first-order valence-corrected chi connectivity index (χ1v) is 14.6. The van der Waals surface area contributed by atoms with Crippen molar-refractivity contribution in [3.63, 3.8) is 0 Å². The van der Waals surface area contributed by atoms with E-state index >= 15 is 0 Å². The second-order valence-corrected chi connectivity index (χ2v) is 10.4. The number of rotatable bonds is 22. The van der Waals surface area contributed by atoms with Crippen LogP contribution in [-0.4, -0.2) is 56.5 Å². The van der Waals surface area contributed by atoms with E-state index in [1.54, 1.807) is 0 Å². The Morgan fingerprint density at radius 3 is 1.80 bits per heavy atom. The normalized spacial score (nSPS) is 16.1. The lowest BCUT2D eigenvalue weighted by Crippen LogP contribution is -2.49. The smallest absolute Gasteiger partial charge is 0.116 e. The van der Waals surface area contributed by atoms with Gasteiger partial charge in [0.2, 0.25) is 0 Å². The summed E-state index contributed by atoms with van der Waals surface area (Å²) in [6.07, 6.45) is 6.13. The average Bonchev–Trinajstić information content (AvgIpc) is 2.85. The molecule has 1 aromatic carbocycles. The van der Waals surface area contributed by atoms with Crippen molar-refractivity contribution in [1.82, 2.24) is 0 Å². The number of aliphatic hydroxyl groups is 1. The highest BCUT2D eigenvalue weighted by Crippen LogP contribution is 2.30. The average molecular weight is 560 g/mol. The lowest BCUT2D eigenvalue weighted by Gasteiger charge is -2.38. The fourth-order valence-corrected chi connectivity index (χ4v) is 4.32. The second-order valence-electron chi connectivity index (χ2n) is 9.47. The van der Waals surface area contributed by atoms with Crippen molar-refractivity contribution in [1.29, 1.82) is 0 Å². The molecule has 0 aliphatic carbocycles. The Morgan fingerprint density at radius 2 is 1.26 bits per heavy atom. The molecule has 0 spiro atoms. The standard InChI is InChI=1S/C29H51BrO5/c1-6-10-17-32-22-23(5)27(33-18-11-7-2)29(35-20-13-9-4)28(34-19-12-8-3)26(31)24-15-14-16-25(30)21-24/h14-16,21,23,26-29,31H,6-13,17-20,22H2,1-5H3/t23?,26-,27+,28-,29?/m0/s1. The van der Waals surface area contributed by atoms with Gasteiger partial charge < -0.3 is 24.1 Å². The number of unbranched alkanes of at least 4 members (excludes halogenated alkanes) is 4. The molecule has 1 aromatic rings. The van der Waals surface area contributed by atoms with Crippen molar-refractivity contribution in [2.75, 3.05) is 33.0 Å². The van der Waals surface area contributed by atoms with Crippen LogP contribution >= 0.6 is 15.9 Å². The van der Waals surface area contributed by atoms with Crippen LogP contribution < -0.4 is 0 Å². The van der Waals surface area contributed by atoms with Gasteiger partial charge in [-0.15, -0.1) is 0 Å². The third-order valence-electron chi connectivity index (χ3n) is 6.16. The minimum atomic E-state index is -0.832. The molecule has 0 aliphatic rings. The predicted molar refractivity (Wildman–Crippen MR) is 148 cm³/mol. The molecule has 0 aromatic heterocycles. The molecule has 35 heavy (non-hydrogen) atoms. The zero-order valence-electron chi connectivity index (χ0n) is 22.8. The maximum absolute atomic E-state index is 11.6. The quantitative estimate of drug-likeness (QED) is 0.149. The van der Waals surface area contributed by atoms with Gasteiger partial charge in [0.15, 0.2) is 0 Å². The zero-order valence-corrected chi connectivity index (χ0v) is 24.4. The number of halogens is 1. The van der Waals surface area contributed by atoms with Crippen LogP contribution in [0.25, 0.3) is 0 Å². The summed E-state index contributed by atoms with van der Waals surface area (Å²) in [6, 6.07) is 7.80. The van der Waals surface area contributed by atoms with Crippen molar-refractivity contribution in [3.8, 4) is 0 Å². The summed E-state index contributed by atoms with van der Waals surface area (Å²) in [5, 5.41) is 11.6. The monoisotopic (exact) mass is 558 g/mol. The Kier molecular flexibility index (Phi) is 19.1. The minimum absolute atomic E-state index is 0.0994. The highest BCUT2D eigenvalue weighted by atomic mass is 79.9. The van der Waals surface area contributed by atoms with Crippen molar-refractivity contribution >= 4 is 15.9 Å². The van der Waals surface area contributed by atoms with Crippen LogP contribution in [0.5, 0.6) is 0 Å². The molecule has 5 atom stereocenters. The molecule has 1 rings (SSSR count). The van der Waals surface area contributed by atoms with Gasteiger partial charge in [0, 0.05) is 36.8 Å². The Labute approximate surface area is 223 Å². The molecule has 0 radical (unpaired) electrons. The Balaban J connectivity index is 3.26. The molecule has 0 amide bonds. The van der Waals surface area contributed by atoms with Crippen molar-refractivity contribution in [2.24, 2.45) is 5.92 Å². The van der Waals surface area contributed by atoms with Crippen molar-refractivity contribution in [2.45, 2.75) is 110 Å². The first-order chi connectivity index (χ1) is 17.0. The Hall–Kier alpha value is -0.500. The van der Waals surface area contributed by atoms with Gasteiger partial charge in [-0.05, 0) is 43.4 Å². The van der Waals surface area contributed by atoms with Crippen molar-refractivity contribution < 1.29 is 24.1 Å². The molecular weight excluding hydrogens is 508 g/mol. The van der Waals surface area contributed by atoms with E-state index in [9.17, 15) is 5.11 Å². The van der Waals surface area contributed by atoms with E-state index in [2.05, 4.69) is 50.5 Å². The van der Waals surface area contributed by atoms with E-state index in [0.717, 1.165) is 68.0 Å². The summed E-state index contributed by atoms with van der Waals surface area (Å²) in [5.74, 6) is 0.0994. The molecule has 5 nitrogen and oxygen atoms in total. The molecule has 0 saturated heterocycles. The number of ether oxygens (including phenoxy) is 4. The minimum Gasteiger partial charge on any atom is -0.386 e. The molecule has 2 unspecified atom stereocenters. The molecule has 204 valence electrons. The van der Waals surface area contributed by atoms with Gasteiger partial charge in [-0.1, -0.05) is 88.4 Å². The largest absolute Gasteiger partial charge is 0.386 e. The SMILES string of the molecule is CCCCOCC(C)[C@@H](OCCCC)C(OCCCC)[C@@H](OCCCC)[C@@H](O)c1cccc(Br)c1. The highest BCUT2D eigenvalue weighted by molar-refractivity contribution is 9.10. The Morgan fingerprint density at radius 1 is 0.743 bits per heavy atom. The molecule has 0 aliphatic heterocycles. The van der Waals surface area contributed by atoms with Gasteiger partial charge in [-0.3, -0.25) is 0 Å². The van der Waals surface area contributed by atoms with Crippen LogP contribution in [0.3, 0.4) is 0 Å². The lowest BCUT2D eigenvalue weighted by molar-refractivity contribution is -0.185. The fourth-order valence-electron chi connectivity index (χ4n) is 3.91. The number of hydrogen-bond donors (Lipinski definition) is 1. The van der Waals surface area contributed by atoms with E-state index < -0.39 is 18.3 Å². The summed E-state index contributed by atoms with van der Waals surface area (Å²) >= 11 is 3.54. The molecule has 0 heterocycles. The van der Waals surface area contributed by atoms with Gasteiger partial charge in [0.05, 0.1) is 12.7 Å². The number of hydrogen-bond acceptors (Lipinski definition) is 5. The van der Waals surface area contributed by atoms with Crippen LogP contribution in [0.1, 0.15) is 97.7 Å². The first kappa shape index (κ1) is 32.5. The predicted octanol–water partition coefficient (Wildman–Crippen LogP) is 7.49. The number of benzene rings is 1. The van der Waals surface area contributed by atoms with Crippen LogP contribution in [0.2, 0.25) is 0 Å². The number of aliphatic hydroxyl groups excluding tert-OH is 1. The van der Waals surface area contributed by atoms with E-state index in [4.69, 9.17) is 18.9 Å². The van der Waals surface area contributed by atoms with Gasteiger partial charge in [0.1, 0.15) is 18.3 Å². The van der Waals surface area contributed by atoms with Gasteiger partial charge in [-0.2, -0.15) is 0 Å². The molecule has 6 heteroatoms. The highest BCUT2D eigenvalue weighted by Gasteiger charge is 2.40. The lowest BCUT2D eigenvalue weighted by atomic mass is 9.91. The van der Waals surface area contributed by atoms with Gasteiger partial charge in [-0.25, -0.2) is 0 Å². The topological polar surface area (TPSA) is 57.2 Å². The zero-order chi connectivity index (χ0) is 25.9. The summed E-state index contributed by atoms with van der Waals surface area (Å²) in [4.78, 5) is 0. The molecular formula is C29H51BrO5. The summed E-state index contributed by atoms with van der Waals surface area (Å²) < 4.78 is 26.3. The molecule has 0 saturated carbocycles. The fraction of sp³-hybridized carbons (Fsp3) is 0.793. The molecule has 1 N–H and O–H groups in total. The summed E-state index contributed by atoms with van der Waals surface area (Å²) in [7, 11) is 0. The van der Waals surface area contributed by atoms with Crippen LogP contribution in [0, 0.1) is 5.92 Å². The third kappa shape index (κ3) is 13.0. The van der Waals surface area contributed by atoms with Gasteiger partial charge in [0.25, 0.3) is 0 Å². The summed E-state index contributed by atoms with van der Waals surface area (Å²) in [6.45, 7) is 14.0. The van der Waals surface area contributed by atoms with Gasteiger partial charge >= 0.3 is 0 Å². The van der Waals surface area contributed by atoms with E-state index in [0.29, 0.717) is 26.4 Å². The first-order valence-electron chi connectivity index (χ1n) is 13.9. The van der Waals surface area contributed by atoms with E-state index in [-0.39, 0.29) is 12.0 Å². The molecule has 0 bridgehead atoms. The maximum Gasteiger partial charge on any atom is 0.116 e. The van der Waals surface area contributed by atoms with Crippen LogP contribution in [-0.2, 0) is 18.9 Å². The van der Waals surface area contributed by atoms with Crippen molar-refractivity contribution in [3.05, 3.63) is 34.3 Å². The van der Waals surface area contributed by atoms with E-state index in [1.165, 1.54) is 0 Å². The third-order valence-corrected chi connectivity index (χ3v) is 6.65. The van der Waals surface area contributed by atoms with Crippen LogP contribution in [0.15, 0.2) is 28.7 Å². The van der Waals surface area contributed by atoms with E-state index in [1.807, 2.05) is 24.3 Å². The maximum atomic E-state index is 11.6. The molecule has 0 fully saturated rings. The Bertz CT molecular complexity index is 629. The second kappa shape index (κ2) is 20.5. The van der Waals surface area contributed by atoms with Crippen LogP contribution in [0.4, 0.5) is 0 Å². The summed E-state index contributed by atoms with van der Waals surface area (Å²) in [5.41, 5.74) is 0.809.